The highest BCUT2D eigenvalue weighted by atomic mass is 16.6. The van der Waals surface area contributed by atoms with E-state index in [0.29, 0.717) is 17.8 Å². The van der Waals surface area contributed by atoms with Crippen LogP contribution in [0.3, 0.4) is 0 Å². The largest absolute Gasteiger partial charge is 0.484 e. The summed E-state index contributed by atoms with van der Waals surface area (Å²) in [5.74, 6) is 0.331. The van der Waals surface area contributed by atoms with Gasteiger partial charge in [0.2, 0.25) is 0 Å². The molecule has 0 N–H and O–H groups in total. The quantitative estimate of drug-likeness (QED) is 0.595. The van der Waals surface area contributed by atoms with E-state index in [2.05, 4.69) is 0 Å². The predicted molar refractivity (Wildman–Crippen MR) is 76.4 cm³/mol. The van der Waals surface area contributed by atoms with Crippen LogP contribution in [0.4, 0.5) is 0 Å². The molecular formula is C16H16O5. The fourth-order valence-corrected chi connectivity index (χ4v) is 2.58. The van der Waals surface area contributed by atoms with Crippen LogP contribution in [0.5, 0.6) is 5.75 Å². The van der Waals surface area contributed by atoms with Gasteiger partial charge in [-0.05, 0) is 31.5 Å². The number of esters is 1. The summed E-state index contributed by atoms with van der Waals surface area (Å²) < 4.78 is 16.5. The third kappa shape index (κ3) is 2.51. The van der Waals surface area contributed by atoms with Crippen LogP contribution >= 0.6 is 0 Å². The summed E-state index contributed by atoms with van der Waals surface area (Å²) in [7, 11) is 0. The van der Waals surface area contributed by atoms with E-state index in [1.807, 2.05) is 19.9 Å². The highest BCUT2D eigenvalue weighted by Gasteiger charge is 2.39. The van der Waals surface area contributed by atoms with Gasteiger partial charge in [-0.15, -0.1) is 0 Å². The van der Waals surface area contributed by atoms with E-state index in [1.54, 1.807) is 12.1 Å². The maximum atomic E-state index is 11.3. The fourth-order valence-electron chi connectivity index (χ4n) is 2.58. The smallest absolute Gasteiger partial charge is 0.336 e. The first-order valence-electron chi connectivity index (χ1n) is 6.78. The van der Waals surface area contributed by atoms with Crippen molar-refractivity contribution in [3.63, 3.8) is 0 Å². The summed E-state index contributed by atoms with van der Waals surface area (Å²) in [6.45, 7) is 5.13. The number of hydrogen-bond acceptors (Lipinski definition) is 5. The molecule has 0 saturated carbocycles. The zero-order valence-electron chi connectivity index (χ0n) is 12.1. The molecule has 1 atom stereocenters. The molecule has 0 radical (unpaired) electrons. The Bertz CT molecular complexity index is 772. The SMILES string of the molecule is CC(=O)O[C@@H]1Cc2cc3ccc(=O)oc3cc2OC1(C)C. The van der Waals surface area contributed by atoms with Gasteiger partial charge >= 0.3 is 11.6 Å². The van der Waals surface area contributed by atoms with Crippen LogP contribution in [-0.2, 0) is 16.0 Å². The van der Waals surface area contributed by atoms with E-state index in [-0.39, 0.29) is 12.1 Å². The number of ether oxygens (including phenoxy) is 2. The molecule has 1 aliphatic heterocycles. The Labute approximate surface area is 121 Å². The molecule has 110 valence electrons. The Balaban J connectivity index is 2.07. The van der Waals surface area contributed by atoms with E-state index in [9.17, 15) is 9.59 Å². The summed E-state index contributed by atoms with van der Waals surface area (Å²) >= 11 is 0. The Kier molecular flexibility index (Phi) is 3.01. The van der Waals surface area contributed by atoms with Crippen molar-refractivity contribution in [2.75, 3.05) is 0 Å². The van der Waals surface area contributed by atoms with Gasteiger partial charge in [0.15, 0.2) is 0 Å². The number of hydrogen-bond donors (Lipinski definition) is 0. The summed E-state index contributed by atoms with van der Waals surface area (Å²) in [4.78, 5) is 22.5. The van der Waals surface area contributed by atoms with Crippen LogP contribution in [0.1, 0.15) is 26.3 Å². The lowest BCUT2D eigenvalue weighted by Crippen LogP contribution is -2.48. The van der Waals surface area contributed by atoms with Gasteiger partial charge in [0.05, 0.1) is 0 Å². The average Bonchev–Trinajstić information content (AvgIpc) is 2.36. The van der Waals surface area contributed by atoms with Crippen molar-refractivity contribution in [1.29, 1.82) is 0 Å². The van der Waals surface area contributed by atoms with E-state index in [4.69, 9.17) is 13.9 Å². The lowest BCUT2D eigenvalue weighted by molar-refractivity contribution is -0.158. The van der Waals surface area contributed by atoms with Crippen LogP contribution < -0.4 is 10.4 Å². The third-order valence-electron chi connectivity index (χ3n) is 3.66. The molecule has 0 saturated heterocycles. The maximum Gasteiger partial charge on any atom is 0.336 e. The second kappa shape index (κ2) is 4.62. The molecule has 5 nitrogen and oxygen atoms in total. The number of rotatable bonds is 1. The minimum absolute atomic E-state index is 0.327. The topological polar surface area (TPSA) is 65.7 Å². The molecule has 1 aromatic heterocycles. The maximum absolute atomic E-state index is 11.3. The molecule has 0 aliphatic carbocycles. The Morgan fingerprint density at radius 2 is 2.10 bits per heavy atom. The highest BCUT2D eigenvalue weighted by Crippen LogP contribution is 2.37. The first kappa shape index (κ1) is 13.7. The monoisotopic (exact) mass is 288 g/mol. The number of carbonyl (C=O) groups excluding carboxylic acids is 1. The Hall–Kier alpha value is -2.30. The minimum Gasteiger partial charge on any atom is -0.484 e. The third-order valence-corrected chi connectivity index (χ3v) is 3.66. The predicted octanol–water partition coefficient (Wildman–Crippen LogP) is 2.44. The van der Waals surface area contributed by atoms with E-state index < -0.39 is 11.2 Å². The van der Waals surface area contributed by atoms with Gasteiger partial charge in [-0.25, -0.2) is 4.79 Å². The minimum atomic E-state index is -0.637. The zero-order valence-corrected chi connectivity index (χ0v) is 12.1. The average molecular weight is 288 g/mol. The van der Waals surface area contributed by atoms with Gasteiger partial charge in [-0.3, -0.25) is 4.79 Å². The van der Waals surface area contributed by atoms with Gasteiger partial charge in [-0.1, -0.05) is 0 Å². The van der Waals surface area contributed by atoms with Crippen molar-refractivity contribution in [2.24, 2.45) is 0 Å². The lowest BCUT2D eigenvalue weighted by Gasteiger charge is -2.39. The normalized spacial score (nSPS) is 19.7. The van der Waals surface area contributed by atoms with Crippen LogP contribution in [-0.4, -0.2) is 17.7 Å². The van der Waals surface area contributed by atoms with Gasteiger partial charge in [0, 0.05) is 30.9 Å². The molecule has 0 unspecified atom stereocenters. The molecule has 2 heterocycles. The first-order chi connectivity index (χ1) is 9.85. The standard InChI is InChI=1S/C16H16O5/c1-9(17)19-14-7-11-6-10-4-5-15(18)20-12(10)8-13(11)21-16(14,2)3/h4-6,8,14H,7H2,1-3H3/t14-/m1/s1. The molecule has 0 amide bonds. The molecule has 2 aromatic rings. The van der Waals surface area contributed by atoms with E-state index in [1.165, 1.54) is 13.0 Å². The van der Waals surface area contributed by atoms with E-state index in [0.717, 1.165) is 10.9 Å². The summed E-state index contributed by atoms with van der Waals surface area (Å²) in [5.41, 5.74) is 0.391. The van der Waals surface area contributed by atoms with Crippen molar-refractivity contribution in [3.8, 4) is 5.75 Å². The van der Waals surface area contributed by atoms with Crippen molar-refractivity contribution >= 4 is 16.9 Å². The second-order valence-electron chi connectivity index (χ2n) is 5.76. The van der Waals surface area contributed by atoms with Crippen LogP contribution in [0.15, 0.2) is 33.5 Å². The van der Waals surface area contributed by atoms with Crippen molar-refractivity contribution < 1.29 is 18.7 Å². The molecule has 1 aliphatic rings. The highest BCUT2D eigenvalue weighted by molar-refractivity contribution is 5.79. The van der Waals surface area contributed by atoms with Crippen LogP contribution in [0.2, 0.25) is 0 Å². The molecule has 1 aromatic carbocycles. The first-order valence-corrected chi connectivity index (χ1v) is 6.78. The van der Waals surface area contributed by atoms with Gasteiger partial charge in [-0.2, -0.15) is 0 Å². The van der Waals surface area contributed by atoms with E-state index >= 15 is 0 Å². The van der Waals surface area contributed by atoms with Gasteiger partial charge in [0.1, 0.15) is 23.0 Å². The van der Waals surface area contributed by atoms with Crippen LogP contribution in [0.25, 0.3) is 11.0 Å². The molecule has 0 fully saturated rings. The zero-order chi connectivity index (χ0) is 15.2. The van der Waals surface area contributed by atoms with Crippen LogP contribution in [0, 0.1) is 0 Å². The second-order valence-corrected chi connectivity index (χ2v) is 5.76. The van der Waals surface area contributed by atoms with Crippen molar-refractivity contribution in [1.82, 2.24) is 0 Å². The number of fused-ring (bicyclic) bond motifs is 2. The summed E-state index contributed by atoms with van der Waals surface area (Å²) in [6, 6.07) is 6.71. The fraction of sp³-hybridized carbons (Fsp3) is 0.375. The lowest BCUT2D eigenvalue weighted by atomic mass is 9.90. The number of benzene rings is 1. The molecule has 0 spiro atoms. The van der Waals surface area contributed by atoms with Crippen molar-refractivity contribution in [2.45, 2.75) is 38.9 Å². The molecule has 3 rings (SSSR count). The summed E-state index contributed by atoms with van der Waals surface area (Å²) in [5, 5.41) is 0.818. The molecular weight excluding hydrogens is 272 g/mol. The number of carbonyl (C=O) groups is 1. The Morgan fingerprint density at radius 1 is 1.33 bits per heavy atom. The van der Waals surface area contributed by atoms with Crippen molar-refractivity contribution in [3.05, 3.63) is 40.2 Å². The molecule has 21 heavy (non-hydrogen) atoms. The Morgan fingerprint density at radius 3 is 2.81 bits per heavy atom. The summed E-state index contributed by atoms with van der Waals surface area (Å²) in [6.07, 6.45) is 0.215. The van der Waals surface area contributed by atoms with Gasteiger partial charge in [0.25, 0.3) is 0 Å². The molecule has 5 heteroatoms. The molecule has 0 bridgehead atoms. The van der Waals surface area contributed by atoms with Gasteiger partial charge < -0.3 is 13.9 Å².